The molecule has 0 saturated carbocycles. The van der Waals surface area contributed by atoms with Gasteiger partial charge in [0.05, 0.1) is 5.92 Å². The van der Waals surface area contributed by atoms with Crippen molar-refractivity contribution < 1.29 is 9.53 Å². The molecule has 4 heteroatoms. The van der Waals surface area contributed by atoms with Crippen LogP contribution in [0.3, 0.4) is 0 Å². The van der Waals surface area contributed by atoms with E-state index in [2.05, 4.69) is 5.32 Å². The highest BCUT2D eigenvalue weighted by molar-refractivity contribution is 5.79. The van der Waals surface area contributed by atoms with Crippen molar-refractivity contribution in [3.05, 3.63) is 35.9 Å². The Morgan fingerprint density at radius 2 is 1.95 bits per heavy atom. The maximum Gasteiger partial charge on any atom is 0.224 e. The van der Waals surface area contributed by atoms with Gasteiger partial charge in [-0.3, -0.25) is 4.79 Å². The van der Waals surface area contributed by atoms with Gasteiger partial charge >= 0.3 is 0 Å². The molecule has 0 heterocycles. The molecular weight excluding hydrogens is 252 g/mol. The van der Waals surface area contributed by atoms with Crippen LogP contribution < -0.4 is 11.1 Å². The van der Waals surface area contributed by atoms with Crippen LogP contribution in [0.2, 0.25) is 0 Å². The average Bonchev–Trinajstić information content (AvgIpc) is 2.50. The number of ether oxygens (including phenoxy) is 1. The molecule has 112 valence electrons. The van der Waals surface area contributed by atoms with Gasteiger partial charge in [0.25, 0.3) is 0 Å². The van der Waals surface area contributed by atoms with Crippen molar-refractivity contribution in [3.63, 3.8) is 0 Å². The quantitative estimate of drug-likeness (QED) is 0.681. The van der Waals surface area contributed by atoms with Crippen LogP contribution in [-0.4, -0.2) is 26.2 Å². The summed E-state index contributed by atoms with van der Waals surface area (Å²) in [6, 6.07) is 9.48. The molecule has 1 aromatic rings. The van der Waals surface area contributed by atoms with Gasteiger partial charge in [-0.05, 0) is 24.8 Å². The number of nitrogens with one attached hydrogen (secondary N) is 1. The molecule has 0 aromatic heterocycles. The Labute approximate surface area is 121 Å². The predicted molar refractivity (Wildman–Crippen MR) is 81.3 cm³/mol. The van der Waals surface area contributed by atoms with Gasteiger partial charge in [0, 0.05) is 26.3 Å². The lowest BCUT2D eigenvalue weighted by Crippen LogP contribution is -2.36. The third-order valence-corrected chi connectivity index (χ3v) is 3.46. The molecule has 20 heavy (non-hydrogen) atoms. The van der Waals surface area contributed by atoms with E-state index in [1.807, 2.05) is 37.3 Å². The van der Waals surface area contributed by atoms with Crippen LogP contribution in [0, 0.1) is 5.92 Å². The summed E-state index contributed by atoms with van der Waals surface area (Å²) in [4.78, 5) is 12.0. The van der Waals surface area contributed by atoms with Gasteiger partial charge in [-0.15, -0.1) is 0 Å². The summed E-state index contributed by atoms with van der Waals surface area (Å²) in [5.74, 6) is -0.204. The highest BCUT2D eigenvalue weighted by Crippen LogP contribution is 2.18. The van der Waals surface area contributed by atoms with Gasteiger partial charge in [-0.25, -0.2) is 0 Å². The molecule has 0 radical (unpaired) electrons. The molecule has 1 rings (SSSR count). The maximum atomic E-state index is 12.0. The number of carbonyl (C=O) groups is 1. The fourth-order valence-electron chi connectivity index (χ4n) is 2.05. The lowest BCUT2D eigenvalue weighted by Gasteiger charge is -2.19. The van der Waals surface area contributed by atoms with Crippen LogP contribution in [0.4, 0.5) is 0 Å². The van der Waals surface area contributed by atoms with Crippen molar-refractivity contribution in [2.75, 3.05) is 20.3 Å². The summed E-state index contributed by atoms with van der Waals surface area (Å²) in [5.41, 5.74) is 7.13. The van der Waals surface area contributed by atoms with Crippen LogP contribution >= 0.6 is 0 Å². The summed E-state index contributed by atoms with van der Waals surface area (Å²) >= 11 is 0. The number of carbonyl (C=O) groups excluding carboxylic acids is 1. The number of rotatable bonds is 9. The normalized spacial score (nSPS) is 13.8. The van der Waals surface area contributed by atoms with E-state index in [4.69, 9.17) is 10.5 Å². The van der Waals surface area contributed by atoms with Crippen LogP contribution in [0.15, 0.2) is 30.3 Å². The Bertz CT molecular complexity index is 381. The highest BCUT2D eigenvalue weighted by atomic mass is 16.5. The van der Waals surface area contributed by atoms with E-state index >= 15 is 0 Å². The lowest BCUT2D eigenvalue weighted by molar-refractivity contribution is -0.125. The van der Waals surface area contributed by atoms with Crippen molar-refractivity contribution in [1.82, 2.24) is 5.32 Å². The minimum absolute atomic E-state index is 0.0214. The number of unbranched alkanes of at least 4 members (excludes halogenated alkanes) is 2. The fraction of sp³-hybridized carbons (Fsp3) is 0.562. The summed E-state index contributed by atoms with van der Waals surface area (Å²) in [5, 5.41) is 2.95. The van der Waals surface area contributed by atoms with Gasteiger partial charge in [0.1, 0.15) is 0 Å². The van der Waals surface area contributed by atoms with Gasteiger partial charge in [0.15, 0.2) is 0 Å². The molecule has 0 aliphatic rings. The van der Waals surface area contributed by atoms with E-state index in [1.165, 1.54) is 0 Å². The van der Waals surface area contributed by atoms with E-state index in [-0.39, 0.29) is 17.9 Å². The molecule has 0 fully saturated rings. The molecule has 1 aromatic carbocycles. The summed E-state index contributed by atoms with van der Waals surface area (Å²) in [7, 11) is 1.70. The highest BCUT2D eigenvalue weighted by Gasteiger charge is 2.21. The largest absolute Gasteiger partial charge is 0.385 e. The van der Waals surface area contributed by atoms with Crippen molar-refractivity contribution in [2.45, 2.75) is 32.2 Å². The Morgan fingerprint density at radius 1 is 1.25 bits per heavy atom. The minimum Gasteiger partial charge on any atom is -0.385 e. The molecule has 0 bridgehead atoms. The zero-order valence-corrected chi connectivity index (χ0v) is 12.5. The maximum absolute atomic E-state index is 12.0. The topological polar surface area (TPSA) is 64.3 Å². The monoisotopic (exact) mass is 278 g/mol. The second-order valence-corrected chi connectivity index (χ2v) is 5.07. The molecule has 0 aliphatic heterocycles. The first-order valence-electron chi connectivity index (χ1n) is 7.24. The van der Waals surface area contributed by atoms with E-state index in [0.29, 0.717) is 6.54 Å². The molecule has 2 unspecified atom stereocenters. The predicted octanol–water partition coefficient (Wildman–Crippen LogP) is 2.26. The number of nitrogens with two attached hydrogens (primary N) is 1. The lowest BCUT2D eigenvalue weighted by atomic mass is 9.94. The Balaban J connectivity index is 2.28. The smallest absolute Gasteiger partial charge is 0.224 e. The van der Waals surface area contributed by atoms with E-state index in [0.717, 1.165) is 31.4 Å². The minimum atomic E-state index is -0.260. The molecule has 3 N–H and O–H groups in total. The average molecular weight is 278 g/mol. The van der Waals surface area contributed by atoms with Gasteiger partial charge in [-0.1, -0.05) is 37.3 Å². The van der Waals surface area contributed by atoms with Gasteiger partial charge in [-0.2, -0.15) is 0 Å². The second-order valence-electron chi connectivity index (χ2n) is 5.07. The first kappa shape index (κ1) is 16.7. The summed E-state index contributed by atoms with van der Waals surface area (Å²) in [6.45, 7) is 3.36. The molecule has 0 aliphatic carbocycles. The summed E-state index contributed by atoms with van der Waals surface area (Å²) < 4.78 is 4.98. The fourth-order valence-corrected chi connectivity index (χ4v) is 2.05. The number of hydrogen-bond acceptors (Lipinski definition) is 3. The number of benzene rings is 1. The molecular formula is C16H26N2O2. The zero-order valence-electron chi connectivity index (χ0n) is 12.5. The van der Waals surface area contributed by atoms with E-state index in [1.54, 1.807) is 7.11 Å². The first-order valence-corrected chi connectivity index (χ1v) is 7.24. The molecule has 1 amide bonds. The van der Waals surface area contributed by atoms with E-state index < -0.39 is 0 Å². The standard InChI is InChI=1S/C16H26N2O2/c1-13(15(17)14-9-5-3-6-10-14)16(19)18-11-7-4-8-12-20-2/h3,5-6,9-10,13,15H,4,7-8,11-12,17H2,1-2H3,(H,18,19). The zero-order chi connectivity index (χ0) is 14.8. The van der Waals surface area contributed by atoms with Gasteiger partial charge < -0.3 is 15.8 Å². The van der Waals surface area contributed by atoms with Crippen molar-refractivity contribution in [3.8, 4) is 0 Å². The van der Waals surface area contributed by atoms with Crippen molar-refractivity contribution >= 4 is 5.91 Å². The Hall–Kier alpha value is -1.39. The van der Waals surface area contributed by atoms with Crippen molar-refractivity contribution in [2.24, 2.45) is 11.7 Å². The first-order chi connectivity index (χ1) is 9.66. The number of hydrogen-bond donors (Lipinski definition) is 2. The molecule has 0 spiro atoms. The molecule has 2 atom stereocenters. The van der Waals surface area contributed by atoms with Crippen LogP contribution in [0.5, 0.6) is 0 Å². The number of amides is 1. The van der Waals surface area contributed by atoms with E-state index in [9.17, 15) is 4.79 Å². The van der Waals surface area contributed by atoms with Crippen molar-refractivity contribution in [1.29, 1.82) is 0 Å². The third kappa shape index (κ3) is 5.72. The Kier molecular flexibility index (Phi) is 7.92. The van der Waals surface area contributed by atoms with Crippen LogP contribution in [0.25, 0.3) is 0 Å². The summed E-state index contributed by atoms with van der Waals surface area (Å²) in [6.07, 6.45) is 3.07. The second kappa shape index (κ2) is 9.50. The van der Waals surface area contributed by atoms with Crippen LogP contribution in [-0.2, 0) is 9.53 Å². The Morgan fingerprint density at radius 3 is 2.60 bits per heavy atom. The molecule has 0 saturated heterocycles. The van der Waals surface area contributed by atoms with Crippen LogP contribution in [0.1, 0.15) is 37.8 Å². The molecule has 4 nitrogen and oxygen atoms in total. The number of methoxy groups -OCH3 is 1. The SMILES string of the molecule is COCCCCCNC(=O)C(C)C(N)c1ccccc1. The third-order valence-electron chi connectivity index (χ3n) is 3.46. The van der Waals surface area contributed by atoms with Gasteiger partial charge in [0.2, 0.25) is 5.91 Å².